The number of ether oxygens (including phenoxy) is 6. The molecule has 0 radical (unpaired) electrons. The van der Waals surface area contributed by atoms with Crippen LogP contribution in [0.3, 0.4) is 0 Å². The minimum Gasteiger partial charge on any atom is -0.496 e. The average Bonchev–Trinajstić information content (AvgIpc) is 2.85. The van der Waals surface area contributed by atoms with Gasteiger partial charge in [-0.15, -0.1) is 0 Å². The van der Waals surface area contributed by atoms with Crippen molar-refractivity contribution in [2.24, 2.45) is 0 Å². The van der Waals surface area contributed by atoms with Crippen LogP contribution < -0.4 is 33.7 Å². The molecule has 192 valence electrons. The van der Waals surface area contributed by atoms with Gasteiger partial charge < -0.3 is 33.7 Å². The van der Waals surface area contributed by atoms with Crippen molar-refractivity contribution in [2.75, 3.05) is 56.3 Å². The second kappa shape index (κ2) is 10.0. The molecular weight excluding hydrogens is 448 g/mol. The summed E-state index contributed by atoms with van der Waals surface area (Å²) >= 11 is 0. The summed E-state index contributed by atoms with van der Waals surface area (Å²) in [6.45, 7) is 4.90. The Morgan fingerprint density at radius 3 is 1.97 bits per heavy atom. The molecule has 0 spiro atoms. The Balaban J connectivity index is 1.87. The third kappa shape index (κ3) is 3.93. The second-order valence-electron chi connectivity index (χ2n) is 9.23. The first-order valence-corrected chi connectivity index (χ1v) is 11.9. The lowest BCUT2D eigenvalue weighted by Crippen LogP contribution is -2.60. The molecule has 2 aromatic rings. The third-order valence-electron chi connectivity index (χ3n) is 7.66. The largest absolute Gasteiger partial charge is 0.496 e. The van der Waals surface area contributed by atoms with Crippen LogP contribution in [-0.2, 0) is 12.8 Å². The summed E-state index contributed by atoms with van der Waals surface area (Å²) in [5.41, 5.74) is 5.28. The van der Waals surface area contributed by atoms with Gasteiger partial charge in [-0.05, 0) is 45.4 Å². The lowest BCUT2D eigenvalue weighted by Gasteiger charge is -2.50. The molecule has 0 amide bonds. The van der Waals surface area contributed by atoms with E-state index in [1.54, 1.807) is 42.7 Å². The van der Waals surface area contributed by atoms with E-state index in [9.17, 15) is 0 Å². The maximum atomic E-state index is 5.99. The van der Waals surface area contributed by atoms with E-state index < -0.39 is 0 Å². The summed E-state index contributed by atoms with van der Waals surface area (Å²) in [7, 11) is 12.3. The number of hydrogen-bond acceptors (Lipinski definition) is 8. The fourth-order valence-electron chi connectivity index (χ4n) is 6.11. The molecule has 2 aromatic carbocycles. The highest BCUT2D eigenvalue weighted by atomic mass is 16.5. The van der Waals surface area contributed by atoms with E-state index in [0.29, 0.717) is 17.5 Å². The molecule has 0 aliphatic carbocycles. The molecule has 1 N–H and O–H groups in total. The molecule has 8 heteroatoms. The number of piperazine rings is 1. The number of fused-ring (bicyclic) bond motifs is 4. The highest BCUT2D eigenvalue weighted by Crippen LogP contribution is 2.52. The van der Waals surface area contributed by atoms with E-state index >= 15 is 0 Å². The fourth-order valence-corrected chi connectivity index (χ4v) is 6.11. The van der Waals surface area contributed by atoms with E-state index in [1.807, 2.05) is 19.9 Å². The molecule has 2 aliphatic rings. The minimum atomic E-state index is 0.0500. The Labute approximate surface area is 208 Å². The average molecular weight is 487 g/mol. The van der Waals surface area contributed by atoms with Gasteiger partial charge in [0.15, 0.2) is 23.0 Å². The monoisotopic (exact) mass is 486 g/mol. The van der Waals surface area contributed by atoms with Crippen molar-refractivity contribution in [2.45, 2.75) is 44.8 Å². The maximum absolute atomic E-state index is 5.99. The molecule has 2 heterocycles. The highest BCUT2D eigenvalue weighted by molar-refractivity contribution is 5.65. The fraction of sp³-hybridized carbons (Fsp3) is 0.556. The standard InChI is InChI=1S/C27H38N2O6/c1-14-23(31-5)16(11-20(30-4)25(14)33-7)10-19-22-21-18(12-17(13-28-19)29(22)3)24(32-6)15(2)26(34-8)27(21)35-9/h11,17,19,22,28H,10,12-13H2,1-9H3/t17-,19-,22-/m0/s1. The molecule has 1 saturated heterocycles. The summed E-state index contributed by atoms with van der Waals surface area (Å²) in [5.74, 6) is 4.59. The first-order valence-electron chi connectivity index (χ1n) is 11.9. The molecule has 0 unspecified atom stereocenters. The summed E-state index contributed by atoms with van der Waals surface area (Å²) in [6.07, 6.45) is 1.61. The van der Waals surface area contributed by atoms with Gasteiger partial charge in [-0.25, -0.2) is 0 Å². The Morgan fingerprint density at radius 2 is 1.40 bits per heavy atom. The van der Waals surface area contributed by atoms with Crippen molar-refractivity contribution < 1.29 is 28.4 Å². The van der Waals surface area contributed by atoms with Gasteiger partial charge >= 0.3 is 0 Å². The van der Waals surface area contributed by atoms with E-state index in [-0.39, 0.29) is 12.1 Å². The molecule has 8 nitrogen and oxygen atoms in total. The lowest BCUT2D eigenvalue weighted by atomic mass is 9.78. The molecular formula is C27H38N2O6. The van der Waals surface area contributed by atoms with Crippen molar-refractivity contribution in [3.63, 3.8) is 0 Å². The van der Waals surface area contributed by atoms with E-state index in [4.69, 9.17) is 28.4 Å². The van der Waals surface area contributed by atoms with Gasteiger partial charge in [0.05, 0.1) is 48.7 Å². The van der Waals surface area contributed by atoms with Gasteiger partial charge in [-0.2, -0.15) is 0 Å². The summed E-state index contributed by atoms with van der Waals surface area (Å²) in [4.78, 5) is 2.46. The SMILES string of the molecule is COc1cc(C[C@@H]2NC[C@@H]3Cc4c(OC)c(C)c(OC)c(OC)c4[C@H]2N3C)c(OC)c(C)c1OC. The topological polar surface area (TPSA) is 70.7 Å². The van der Waals surface area contributed by atoms with Crippen molar-refractivity contribution >= 4 is 0 Å². The zero-order valence-corrected chi connectivity index (χ0v) is 22.3. The van der Waals surface area contributed by atoms with E-state index in [2.05, 4.69) is 17.3 Å². The molecule has 4 rings (SSSR count). The highest BCUT2D eigenvalue weighted by Gasteiger charge is 2.45. The normalized spacial score (nSPS) is 21.2. The smallest absolute Gasteiger partial charge is 0.167 e. The Morgan fingerprint density at radius 1 is 0.800 bits per heavy atom. The zero-order valence-electron chi connectivity index (χ0n) is 22.3. The van der Waals surface area contributed by atoms with Crippen LogP contribution in [0.15, 0.2) is 6.07 Å². The number of benzene rings is 2. The van der Waals surface area contributed by atoms with Crippen LogP contribution in [0.1, 0.15) is 33.9 Å². The molecule has 0 saturated carbocycles. The summed E-state index contributed by atoms with van der Waals surface area (Å²) in [6, 6.07) is 2.52. The predicted octanol–water partition coefficient (Wildman–Crippen LogP) is 3.47. The summed E-state index contributed by atoms with van der Waals surface area (Å²) < 4.78 is 34.8. The number of nitrogens with one attached hydrogen (secondary N) is 1. The molecule has 2 bridgehead atoms. The van der Waals surface area contributed by atoms with Gasteiger partial charge in [-0.3, -0.25) is 4.90 Å². The van der Waals surface area contributed by atoms with Gasteiger partial charge in [0, 0.05) is 40.9 Å². The van der Waals surface area contributed by atoms with Gasteiger partial charge in [0.1, 0.15) is 11.5 Å². The number of methoxy groups -OCH3 is 6. The van der Waals surface area contributed by atoms with Crippen molar-refractivity contribution in [1.29, 1.82) is 0 Å². The Bertz CT molecular complexity index is 1100. The van der Waals surface area contributed by atoms with Crippen LogP contribution in [0.25, 0.3) is 0 Å². The van der Waals surface area contributed by atoms with E-state index in [0.717, 1.165) is 64.6 Å². The van der Waals surface area contributed by atoms with Crippen molar-refractivity contribution in [1.82, 2.24) is 10.2 Å². The number of likely N-dealkylation sites (N-methyl/N-ethyl adjacent to an activating group) is 1. The van der Waals surface area contributed by atoms with Gasteiger partial charge in [0.2, 0.25) is 0 Å². The summed E-state index contributed by atoms with van der Waals surface area (Å²) in [5, 5.41) is 3.81. The van der Waals surface area contributed by atoms with Gasteiger partial charge in [0.25, 0.3) is 0 Å². The molecule has 0 aromatic heterocycles. The lowest BCUT2D eigenvalue weighted by molar-refractivity contribution is 0.0725. The number of hydrogen-bond donors (Lipinski definition) is 1. The molecule has 35 heavy (non-hydrogen) atoms. The molecule has 3 atom stereocenters. The van der Waals surface area contributed by atoms with Crippen LogP contribution in [0.5, 0.6) is 34.5 Å². The molecule has 1 fully saturated rings. The molecule has 2 aliphatic heterocycles. The first-order chi connectivity index (χ1) is 16.9. The maximum Gasteiger partial charge on any atom is 0.167 e. The minimum absolute atomic E-state index is 0.0500. The Hall–Kier alpha value is -2.84. The number of rotatable bonds is 8. The van der Waals surface area contributed by atoms with Gasteiger partial charge in [-0.1, -0.05) is 0 Å². The van der Waals surface area contributed by atoms with Crippen LogP contribution in [0.2, 0.25) is 0 Å². The van der Waals surface area contributed by atoms with Crippen molar-refractivity contribution in [3.05, 3.63) is 33.9 Å². The van der Waals surface area contributed by atoms with Crippen LogP contribution in [0.4, 0.5) is 0 Å². The van der Waals surface area contributed by atoms with Crippen molar-refractivity contribution in [3.8, 4) is 34.5 Å². The second-order valence-corrected chi connectivity index (χ2v) is 9.23. The zero-order chi connectivity index (χ0) is 25.4. The number of nitrogens with zero attached hydrogens (tertiary/aromatic N) is 1. The first kappa shape index (κ1) is 25.3. The third-order valence-corrected chi connectivity index (χ3v) is 7.66. The van der Waals surface area contributed by atoms with E-state index in [1.165, 1.54) is 5.56 Å². The Kier molecular flexibility index (Phi) is 7.24. The van der Waals surface area contributed by atoms with Crippen LogP contribution >= 0.6 is 0 Å². The van der Waals surface area contributed by atoms with Crippen LogP contribution in [-0.4, -0.2) is 73.2 Å². The van der Waals surface area contributed by atoms with Crippen LogP contribution in [0, 0.1) is 13.8 Å². The quantitative estimate of drug-likeness (QED) is 0.608. The predicted molar refractivity (Wildman–Crippen MR) is 135 cm³/mol.